The van der Waals surface area contributed by atoms with Gasteiger partial charge in [-0.3, -0.25) is 14.3 Å². The Morgan fingerprint density at radius 1 is 1.00 bits per heavy atom. The molecule has 1 saturated heterocycles. The third kappa shape index (κ3) is 4.04. The van der Waals surface area contributed by atoms with Crippen LogP contribution in [0.4, 0.5) is 4.39 Å². The van der Waals surface area contributed by atoms with E-state index in [-0.39, 0.29) is 18.2 Å². The molecule has 5 aromatic rings. The summed E-state index contributed by atoms with van der Waals surface area (Å²) in [5.74, 6) is -0.557. The molecule has 3 aromatic heterocycles. The fourth-order valence-electron chi connectivity index (χ4n) is 4.99. The Hall–Kier alpha value is -4.01. The number of halogens is 1. The van der Waals surface area contributed by atoms with E-state index in [2.05, 4.69) is 15.0 Å². The molecule has 1 aliphatic heterocycles. The Bertz CT molecular complexity index is 1650. The van der Waals surface area contributed by atoms with E-state index in [4.69, 9.17) is 4.74 Å². The monoisotopic (exact) mass is 482 g/mol. The van der Waals surface area contributed by atoms with E-state index in [1.807, 2.05) is 42.5 Å². The third-order valence-corrected chi connectivity index (χ3v) is 6.77. The maximum atomic E-state index is 13.7. The summed E-state index contributed by atoms with van der Waals surface area (Å²) in [5.41, 5.74) is 3.71. The number of rotatable bonds is 4. The van der Waals surface area contributed by atoms with Crippen LogP contribution in [-0.2, 0) is 11.2 Å². The Labute approximate surface area is 205 Å². The summed E-state index contributed by atoms with van der Waals surface area (Å²) in [6.45, 7) is 0.685. The minimum atomic E-state index is -0.760. The number of aliphatic hydroxyl groups is 1. The first-order valence-electron chi connectivity index (χ1n) is 11.8. The van der Waals surface area contributed by atoms with Crippen molar-refractivity contribution in [2.24, 2.45) is 0 Å². The molecule has 6 rings (SSSR count). The maximum absolute atomic E-state index is 13.7. The average Bonchev–Trinajstić information content (AvgIpc) is 2.90. The topological polar surface area (TPSA) is 90.1 Å². The Kier molecular flexibility index (Phi) is 5.75. The summed E-state index contributed by atoms with van der Waals surface area (Å²) < 4.78 is 20.5. The van der Waals surface area contributed by atoms with Crippen molar-refractivity contribution in [2.45, 2.75) is 25.0 Å². The van der Waals surface area contributed by atoms with Crippen molar-refractivity contribution in [3.8, 4) is 11.3 Å². The molecule has 4 heterocycles. The second-order valence-corrected chi connectivity index (χ2v) is 9.03. The molecule has 2 aromatic carbocycles. The van der Waals surface area contributed by atoms with Gasteiger partial charge in [0, 0.05) is 36.0 Å². The fourth-order valence-corrected chi connectivity index (χ4v) is 4.99. The molecule has 0 bridgehead atoms. The molecule has 0 amide bonds. The lowest BCUT2D eigenvalue weighted by molar-refractivity contribution is -0.0395. The summed E-state index contributed by atoms with van der Waals surface area (Å²) in [7, 11) is 0. The van der Waals surface area contributed by atoms with E-state index in [0.717, 1.165) is 21.9 Å². The molecule has 1 fully saturated rings. The summed E-state index contributed by atoms with van der Waals surface area (Å²) in [5, 5.41) is 12.8. The summed E-state index contributed by atoms with van der Waals surface area (Å²) in [6.07, 6.45) is 5.00. The van der Waals surface area contributed by atoms with Crippen molar-refractivity contribution in [2.75, 3.05) is 13.2 Å². The second kappa shape index (κ2) is 9.22. The van der Waals surface area contributed by atoms with E-state index >= 15 is 0 Å². The van der Waals surface area contributed by atoms with E-state index in [9.17, 15) is 14.3 Å². The Balaban J connectivity index is 1.47. The van der Waals surface area contributed by atoms with Crippen molar-refractivity contribution in [3.63, 3.8) is 0 Å². The molecule has 36 heavy (non-hydrogen) atoms. The van der Waals surface area contributed by atoms with Crippen molar-refractivity contribution >= 4 is 21.7 Å². The van der Waals surface area contributed by atoms with Crippen molar-refractivity contribution in [3.05, 3.63) is 101 Å². The summed E-state index contributed by atoms with van der Waals surface area (Å²) >= 11 is 0. The standard InChI is InChI=1S/C28H23FN4O3/c29-26-14-18(6-9-31-26)23-12-17(5-8-30-23)11-19-13-22-27(21-4-2-1-3-20(19)21)32-16-33(28(22)35)24-7-10-36-15-25(24)34/h1-6,8-9,12-14,16,24-25,34H,7,10-11,15H2/t24-,25-/m0/s1. The molecule has 2 atom stereocenters. The van der Waals surface area contributed by atoms with Crippen molar-refractivity contribution in [1.82, 2.24) is 19.5 Å². The highest BCUT2D eigenvalue weighted by molar-refractivity contribution is 6.06. The normalized spacial score (nSPS) is 18.1. The first-order chi connectivity index (χ1) is 17.6. The van der Waals surface area contributed by atoms with Crippen LogP contribution >= 0.6 is 0 Å². The van der Waals surface area contributed by atoms with Gasteiger partial charge in [-0.1, -0.05) is 24.3 Å². The molecule has 1 N–H and O–H groups in total. The van der Waals surface area contributed by atoms with Gasteiger partial charge in [-0.2, -0.15) is 4.39 Å². The zero-order valence-corrected chi connectivity index (χ0v) is 19.3. The lowest BCUT2D eigenvalue weighted by Gasteiger charge is -2.29. The van der Waals surface area contributed by atoms with Crippen LogP contribution in [-0.4, -0.2) is 43.9 Å². The number of nitrogens with zero attached hydrogens (tertiary/aromatic N) is 4. The number of hydrogen-bond donors (Lipinski definition) is 1. The summed E-state index contributed by atoms with van der Waals surface area (Å²) in [4.78, 5) is 26.3. The summed E-state index contributed by atoms with van der Waals surface area (Å²) in [6, 6.07) is 16.4. The van der Waals surface area contributed by atoms with Crippen LogP contribution in [0.3, 0.4) is 0 Å². The van der Waals surface area contributed by atoms with Crippen LogP contribution in [0.15, 0.2) is 78.1 Å². The predicted molar refractivity (Wildman–Crippen MR) is 134 cm³/mol. The Morgan fingerprint density at radius 3 is 2.67 bits per heavy atom. The molecular formula is C28H23FN4O3. The van der Waals surface area contributed by atoms with Crippen LogP contribution < -0.4 is 5.56 Å². The van der Waals surface area contributed by atoms with Gasteiger partial charge >= 0.3 is 0 Å². The van der Waals surface area contributed by atoms with E-state index in [0.29, 0.717) is 41.6 Å². The second-order valence-electron chi connectivity index (χ2n) is 9.03. The van der Waals surface area contributed by atoms with Gasteiger partial charge in [0.1, 0.15) is 0 Å². The van der Waals surface area contributed by atoms with E-state index in [1.165, 1.54) is 16.8 Å². The molecule has 1 aliphatic rings. The van der Waals surface area contributed by atoms with Gasteiger partial charge in [0.05, 0.1) is 41.7 Å². The first kappa shape index (κ1) is 22.5. The van der Waals surface area contributed by atoms with Gasteiger partial charge < -0.3 is 9.84 Å². The molecule has 0 aliphatic carbocycles. The lowest BCUT2D eigenvalue weighted by Crippen LogP contribution is -2.39. The predicted octanol–water partition coefficient (Wildman–Crippen LogP) is 4.06. The molecule has 0 spiro atoms. The third-order valence-electron chi connectivity index (χ3n) is 6.77. The van der Waals surface area contributed by atoms with Crippen LogP contribution in [0, 0.1) is 5.95 Å². The number of hydrogen-bond acceptors (Lipinski definition) is 6. The van der Waals surface area contributed by atoms with Crippen LogP contribution in [0.5, 0.6) is 0 Å². The van der Waals surface area contributed by atoms with Gasteiger partial charge in [0.2, 0.25) is 5.95 Å². The van der Waals surface area contributed by atoms with Gasteiger partial charge in [-0.05, 0) is 53.6 Å². The highest BCUT2D eigenvalue weighted by Crippen LogP contribution is 2.29. The number of ether oxygens (including phenoxy) is 1. The van der Waals surface area contributed by atoms with Crippen LogP contribution in [0.2, 0.25) is 0 Å². The van der Waals surface area contributed by atoms with Gasteiger partial charge in [0.15, 0.2) is 0 Å². The SMILES string of the molecule is O=c1c2cc(Cc3ccnc(-c4ccnc(F)c4)c3)c3ccccc3c2ncn1[C@H]1CCOC[C@@H]1O. The zero-order chi connectivity index (χ0) is 24.6. The maximum Gasteiger partial charge on any atom is 0.261 e. The molecule has 0 radical (unpaired) electrons. The minimum absolute atomic E-state index is 0.180. The quantitative estimate of drug-likeness (QED) is 0.307. The van der Waals surface area contributed by atoms with Crippen LogP contribution in [0.25, 0.3) is 32.9 Å². The van der Waals surface area contributed by atoms with E-state index in [1.54, 1.807) is 18.6 Å². The Morgan fingerprint density at radius 2 is 1.83 bits per heavy atom. The first-order valence-corrected chi connectivity index (χ1v) is 11.8. The molecule has 7 nitrogen and oxygen atoms in total. The van der Waals surface area contributed by atoms with Crippen molar-refractivity contribution < 1.29 is 14.2 Å². The molecule has 0 unspecified atom stereocenters. The minimum Gasteiger partial charge on any atom is -0.389 e. The molecular weight excluding hydrogens is 459 g/mol. The fraction of sp³-hybridized carbons (Fsp3) is 0.214. The molecule has 0 saturated carbocycles. The zero-order valence-electron chi connectivity index (χ0n) is 19.3. The number of benzene rings is 2. The number of pyridine rings is 2. The van der Waals surface area contributed by atoms with E-state index < -0.39 is 12.1 Å². The smallest absolute Gasteiger partial charge is 0.261 e. The largest absolute Gasteiger partial charge is 0.389 e. The van der Waals surface area contributed by atoms with Crippen LogP contribution in [0.1, 0.15) is 23.6 Å². The molecule has 180 valence electrons. The van der Waals surface area contributed by atoms with Gasteiger partial charge in [-0.15, -0.1) is 0 Å². The van der Waals surface area contributed by atoms with Gasteiger partial charge in [-0.25, -0.2) is 9.97 Å². The number of aliphatic hydroxyl groups excluding tert-OH is 1. The van der Waals surface area contributed by atoms with Crippen molar-refractivity contribution in [1.29, 1.82) is 0 Å². The van der Waals surface area contributed by atoms with Gasteiger partial charge in [0.25, 0.3) is 5.56 Å². The number of aromatic nitrogens is 4. The molecule has 8 heteroatoms. The average molecular weight is 483 g/mol. The highest BCUT2D eigenvalue weighted by Gasteiger charge is 2.27. The number of fused-ring (bicyclic) bond motifs is 3. The highest BCUT2D eigenvalue weighted by atomic mass is 19.1. The lowest BCUT2D eigenvalue weighted by atomic mass is 9.95.